The van der Waals surface area contributed by atoms with Gasteiger partial charge in [-0.3, -0.25) is 13.4 Å². The van der Waals surface area contributed by atoms with Gasteiger partial charge in [0.1, 0.15) is 0 Å². The number of hydrogen-bond acceptors (Lipinski definition) is 1. The van der Waals surface area contributed by atoms with Crippen molar-refractivity contribution in [2.24, 2.45) is 0 Å². The molecule has 3 heteroatoms. The van der Waals surface area contributed by atoms with Crippen LogP contribution in [0.25, 0.3) is 0 Å². The summed E-state index contributed by atoms with van der Waals surface area (Å²) in [6.45, 7) is 10.2. The van der Waals surface area contributed by atoms with Gasteiger partial charge in [0.2, 0.25) is 0 Å². The molecule has 90 valence electrons. The minimum Gasteiger partial charge on any atom is -0.545 e. The van der Waals surface area contributed by atoms with Crippen LogP contribution >= 0.6 is 0 Å². The van der Waals surface area contributed by atoms with Crippen molar-refractivity contribution in [1.29, 1.82) is 0 Å². The normalized spacial score (nSPS) is 5.78. The minimum absolute atomic E-state index is 0. The van der Waals surface area contributed by atoms with Crippen LogP contribution in [-0.2, 0) is 70.2 Å². The average Bonchev–Trinajstić information content (AvgIpc) is 2.48. The summed E-state index contributed by atoms with van der Waals surface area (Å²) in [4.78, 5) is 7.75. The van der Waals surface area contributed by atoms with E-state index in [9.17, 15) is 0 Å². The largest absolute Gasteiger partial charge is 0.545 e. The van der Waals surface area contributed by atoms with Crippen LogP contribution in [0.2, 0.25) is 0 Å². The first kappa shape index (κ1) is 26.6. The first-order valence-corrected chi connectivity index (χ1v) is 4.47. The number of benzene rings is 2. The Bertz CT molecular complexity index is 214. The molecule has 2 radical (unpaired) electrons. The van der Waals surface area contributed by atoms with Crippen molar-refractivity contribution in [3.63, 3.8) is 0 Å². The van der Waals surface area contributed by atoms with Crippen LogP contribution in [0.1, 0.15) is 0 Å². The third-order valence-electron chi connectivity index (χ3n) is 1.21. The van der Waals surface area contributed by atoms with E-state index in [4.69, 9.17) is 4.79 Å². The molecule has 0 aliphatic heterocycles. The van der Waals surface area contributed by atoms with E-state index in [1.165, 1.54) is 0 Å². The van der Waals surface area contributed by atoms with Gasteiger partial charge in [-0.05, 0) is 0 Å². The molecule has 0 spiro atoms. The van der Waals surface area contributed by atoms with Gasteiger partial charge in [-0.15, -0.1) is 0 Å². The molecule has 0 unspecified atom stereocenters. The van der Waals surface area contributed by atoms with Gasteiger partial charge < -0.3 is 11.4 Å². The van der Waals surface area contributed by atoms with Crippen LogP contribution < -0.4 is 0 Å². The summed E-state index contributed by atoms with van der Waals surface area (Å²) in [5.41, 5.74) is 0. The van der Waals surface area contributed by atoms with E-state index in [1.54, 1.807) is 0 Å². The maximum atomic E-state index is 7.75. The molecule has 0 saturated carbocycles. The molecule has 0 bridgehead atoms. The Balaban J connectivity index is -0.0000000787. The fourth-order valence-corrected chi connectivity index (χ4v) is 0.684. The van der Waals surface area contributed by atoms with Crippen LogP contribution in [0, 0.1) is 18.7 Å². The summed E-state index contributed by atoms with van der Waals surface area (Å²) >= 11 is 0. The Morgan fingerprint density at radius 2 is 0.833 bits per heavy atom. The van der Waals surface area contributed by atoms with E-state index >= 15 is 0 Å². The molecule has 0 saturated heterocycles. The molecule has 0 fully saturated rings. The Kier molecular flexibility index (Phi) is 44.7. The summed E-state index contributed by atoms with van der Waals surface area (Å²) in [6.07, 6.45) is 0. The van der Waals surface area contributed by atoms with Gasteiger partial charge in [0.05, 0.1) is 0 Å². The van der Waals surface area contributed by atoms with Crippen LogP contribution in [0.5, 0.6) is 0 Å². The van der Waals surface area contributed by atoms with E-state index in [-0.39, 0.29) is 65.4 Å². The third kappa shape index (κ3) is 25.0. The number of carbonyl (C=O) groups excluding carboxylic acids is 1. The monoisotopic (exact) mass is 388 g/mol. The molecule has 2 aromatic carbocycles. The predicted molar refractivity (Wildman–Crippen MR) is 67.2 cm³/mol. The summed E-state index contributed by atoms with van der Waals surface area (Å²) in [5.74, 6) is 0. The third-order valence-corrected chi connectivity index (χ3v) is 1.21. The molecule has 0 aliphatic carbocycles. The summed E-state index contributed by atoms with van der Waals surface area (Å²) in [5, 5.41) is 0. The SMILES string of the molecule is [CH-]=C.[CH-]=O.[Y].[Y].[c-]1ccccc1.[c-]1ccccc1. The van der Waals surface area contributed by atoms with E-state index in [1.807, 2.05) is 60.7 Å². The molecule has 0 heterocycles. The van der Waals surface area contributed by atoms with Crippen molar-refractivity contribution in [2.75, 3.05) is 0 Å². The zero-order valence-electron chi connectivity index (χ0n) is 10.2. The Morgan fingerprint density at radius 1 is 0.611 bits per heavy atom. The molecule has 0 atom stereocenters. The van der Waals surface area contributed by atoms with Crippen LogP contribution in [0.4, 0.5) is 0 Å². The molecule has 2 aromatic rings. The number of rotatable bonds is 0. The first-order valence-electron chi connectivity index (χ1n) is 4.47. The van der Waals surface area contributed by atoms with Crippen LogP contribution in [0.15, 0.2) is 67.2 Å². The second kappa shape index (κ2) is 30.3. The van der Waals surface area contributed by atoms with Gasteiger partial charge >= 0.3 is 0 Å². The van der Waals surface area contributed by atoms with Crippen molar-refractivity contribution in [3.05, 3.63) is 86.0 Å². The maximum Gasteiger partial charge on any atom is 0 e. The van der Waals surface area contributed by atoms with Crippen molar-refractivity contribution in [2.45, 2.75) is 0 Å². The van der Waals surface area contributed by atoms with Gasteiger partial charge in [-0.1, -0.05) is 0 Å². The summed E-state index contributed by atoms with van der Waals surface area (Å²) in [6, 6.07) is 25.0. The Labute approximate surface area is 161 Å². The van der Waals surface area contributed by atoms with Crippen LogP contribution in [-0.4, -0.2) is 6.79 Å². The molecular weight excluding hydrogens is 374 g/mol. The van der Waals surface area contributed by atoms with Gasteiger partial charge in [0, 0.05) is 65.4 Å². The van der Waals surface area contributed by atoms with Gasteiger partial charge in [0.15, 0.2) is 0 Å². The van der Waals surface area contributed by atoms with Crippen molar-refractivity contribution in [3.8, 4) is 0 Å². The zero-order valence-corrected chi connectivity index (χ0v) is 15.9. The van der Waals surface area contributed by atoms with Crippen LogP contribution in [0.3, 0.4) is 0 Å². The molecule has 0 N–H and O–H groups in total. The smallest absolute Gasteiger partial charge is 0 e. The van der Waals surface area contributed by atoms with E-state index < -0.39 is 0 Å². The minimum atomic E-state index is 0. The Morgan fingerprint density at radius 3 is 0.889 bits per heavy atom. The topological polar surface area (TPSA) is 17.1 Å². The second-order valence-electron chi connectivity index (χ2n) is 2.15. The molecule has 0 amide bonds. The van der Waals surface area contributed by atoms with Gasteiger partial charge in [0.25, 0.3) is 0 Å². The molecule has 1 nitrogen and oxygen atoms in total. The fourth-order valence-electron chi connectivity index (χ4n) is 0.684. The Hall–Kier alpha value is 0.0578. The van der Waals surface area contributed by atoms with E-state index in [2.05, 4.69) is 32.1 Å². The van der Waals surface area contributed by atoms with Gasteiger partial charge in [-0.25, -0.2) is 0 Å². The maximum absolute atomic E-state index is 7.75. The van der Waals surface area contributed by atoms with Crippen molar-refractivity contribution >= 4 is 6.79 Å². The second-order valence-corrected chi connectivity index (χ2v) is 2.15. The molecule has 0 aromatic heterocycles. The average molecular weight is 388 g/mol. The van der Waals surface area contributed by atoms with Gasteiger partial charge in [-0.2, -0.15) is 72.8 Å². The summed E-state index contributed by atoms with van der Waals surface area (Å²) in [7, 11) is 0. The van der Waals surface area contributed by atoms with Crippen molar-refractivity contribution in [1.82, 2.24) is 0 Å². The quantitative estimate of drug-likeness (QED) is 0.500. The predicted octanol–water partition coefficient (Wildman–Crippen LogP) is 3.30. The molecule has 2 rings (SSSR count). The molecular formula is C15H14OY2-4. The standard InChI is InChI=1S/2C6H5.C2H3.CHO.2Y/c2*1-2-4-6-5-3-1;2*1-2;;/h2*1-5H;1H,2H2;1H;;/q4*-1;;. The van der Waals surface area contributed by atoms with E-state index in [0.717, 1.165) is 0 Å². The fraction of sp³-hybridized carbons (Fsp3) is 0. The zero-order chi connectivity index (χ0) is 12.5. The summed E-state index contributed by atoms with van der Waals surface area (Å²) < 4.78 is 0. The first-order chi connectivity index (χ1) is 8.00. The van der Waals surface area contributed by atoms with E-state index in [0.29, 0.717) is 0 Å². The molecule has 18 heavy (non-hydrogen) atoms. The number of hydrogen-bond donors (Lipinski definition) is 0. The molecule has 0 aliphatic rings. The van der Waals surface area contributed by atoms with Crippen molar-refractivity contribution < 1.29 is 70.2 Å².